The van der Waals surface area contributed by atoms with Crippen LogP contribution in [-0.4, -0.2) is 28.5 Å². The Morgan fingerprint density at radius 1 is 1.55 bits per heavy atom. The number of nitrogens with zero attached hydrogens (tertiary/aromatic N) is 2. The zero-order valence-corrected chi connectivity index (χ0v) is 12.1. The van der Waals surface area contributed by atoms with Crippen molar-refractivity contribution in [2.45, 2.75) is 13.3 Å². The van der Waals surface area contributed by atoms with Crippen LogP contribution < -0.4 is 4.90 Å². The van der Waals surface area contributed by atoms with Crippen LogP contribution in [0.4, 0.5) is 11.4 Å². The van der Waals surface area contributed by atoms with Gasteiger partial charge in [-0.15, -0.1) is 0 Å². The molecule has 0 spiro atoms. The number of carboxylic acid groups (broad SMARTS) is 1. The van der Waals surface area contributed by atoms with Crippen molar-refractivity contribution in [1.82, 2.24) is 0 Å². The number of carboxylic acids is 1. The Balaban J connectivity index is 2.50. The number of amides is 1. The number of nitro groups is 1. The van der Waals surface area contributed by atoms with Crippen LogP contribution in [-0.2, 0) is 9.59 Å². The van der Waals surface area contributed by atoms with Gasteiger partial charge in [-0.3, -0.25) is 19.7 Å². The van der Waals surface area contributed by atoms with E-state index in [1.165, 1.54) is 11.0 Å². The van der Waals surface area contributed by atoms with E-state index < -0.39 is 22.7 Å². The van der Waals surface area contributed by atoms with Crippen molar-refractivity contribution in [3.05, 3.63) is 32.3 Å². The van der Waals surface area contributed by atoms with Crippen LogP contribution in [0.1, 0.15) is 12.0 Å². The Bertz CT molecular complexity index is 616. The number of nitro benzene ring substituents is 1. The molecule has 8 heteroatoms. The number of carbonyl (C=O) groups is 2. The van der Waals surface area contributed by atoms with Crippen molar-refractivity contribution in [2.24, 2.45) is 5.92 Å². The van der Waals surface area contributed by atoms with Crippen LogP contribution in [0, 0.1) is 23.0 Å². The Morgan fingerprint density at radius 2 is 2.20 bits per heavy atom. The smallest absolute Gasteiger partial charge is 0.308 e. The molecule has 1 unspecified atom stereocenters. The molecule has 0 bridgehead atoms. The van der Waals surface area contributed by atoms with E-state index in [0.29, 0.717) is 10.0 Å². The largest absolute Gasteiger partial charge is 0.481 e. The van der Waals surface area contributed by atoms with E-state index in [1.54, 1.807) is 13.0 Å². The van der Waals surface area contributed by atoms with Crippen molar-refractivity contribution < 1.29 is 19.6 Å². The lowest BCUT2D eigenvalue weighted by molar-refractivity contribution is -0.384. The molecule has 1 heterocycles. The molecule has 20 heavy (non-hydrogen) atoms. The van der Waals surface area contributed by atoms with Crippen molar-refractivity contribution in [3.8, 4) is 0 Å². The maximum atomic E-state index is 11.9. The number of aliphatic carboxylic acids is 1. The van der Waals surface area contributed by atoms with Crippen molar-refractivity contribution in [1.29, 1.82) is 0 Å². The number of benzene rings is 1. The molecule has 0 radical (unpaired) electrons. The van der Waals surface area contributed by atoms with Gasteiger partial charge in [-0.2, -0.15) is 0 Å². The van der Waals surface area contributed by atoms with Gasteiger partial charge in [-0.05, 0) is 18.6 Å². The highest BCUT2D eigenvalue weighted by atomic mass is 79.9. The lowest BCUT2D eigenvalue weighted by Crippen LogP contribution is -2.27. The number of hydrogen-bond acceptors (Lipinski definition) is 4. The van der Waals surface area contributed by atoms with E-state index in [0.717, 1.165) is 0 Å². The Hall–Kier alpha value is -1.96. The van der Waals surface area contributed by atoms with Gasteiger partial charge in [-0.1, -0.05) is 15.9 Å². The van der Waals surface area contributed by atoms with Crippen molar-refractivity contribution in [3.63, 3.8) is 0 Å². The van der Waals surface area contributed by atoms with E-state index in [9.17, 15) is 19.7 Å². The molecular weight excluding hydrogens is 332 g/mol. The average Bonchev–Trinajstić information content (AvgIpc) is 2.70. The first-order valence-corrected chi connectivity index (χ1v) is 6.58. The SMILES string of the molecule is Cc1cc(Br)cc([N+](=O)[O-])c1N1CC(C(=O)O)CC1=O. The number of rotatable bonds is 3. The van der Waals surface area contributed by atoms with Gasteiger partial charge >= 0.3 is 5.97 Å². The molecule has 1 aromatic carbocycles. The number of anilines is 1. The predicted octanol–water partition coefficient (Wildman–Crippen LogP) is 2.10. The molecule has 2 rings (SSSR count). The summed E-state index contributed by atoms with van der Waals surface area (Å²) in [6, 6.07) is 2.97. The average molecular weight is 343 g/mol. The molecule has 1 aliphatic heterocycles. The van der Waals surface area contributed by atoms with E-state index in [4.69, 9.17) is 5.11 Å². The summed E-state index contributed by atoms with van der Waals surface area (Å²) in [7, 11) is 0. The highest BCUT2D eigenvalue weighted by Crippen LogP contribution is 2.38. The summed E-state index contributed by atoms with van der Waals surface area (Å²) in [6.07, 6.45) is -0.137. The first-order chi connectivity index (χ1) is 9.31. The second kappa shape index (κ2) is 5.20. The quantitative estimate of drug-likeness (QED) is 0.669. The van der Waals surface area contributed by atoms with Gasteiger partial charge in [0, 0.05) is 23.5 Å². The lowest BCUT2D eigenvalue weighted by atomic mass is 10.1. The van der Waals surface area contributed by atoms with Gasteiger partial charge in [0.2, 0.25) is 5.91 Å². The van der Waals surface area contributed by atoms with Gasteiger partial charge in [-0.25, -0.2) is 0 Å². The molecule has 1 atom stereocenters. The standard InChI is InChI=1S/C12H11BrN2O5/c1-6-2-8(13)4-9(15(19)20)11(6)14-5-7(12(17)18)3-10(14)16/h2,4,7H,3,5H2,1H3,(H,17,18). The molecule has 106 valence electrons. The maximum absolute atomic E-state index is 11.9. The van der Waals surface area contributed by atoms with Gasteiger partial charge < -0.3 is 10.0 Å². The normalized spacial score (nSPS) is 18.4. The minimum absolute atomic E-state index is 0.0442. The fraction of sp³-hybridized carbons (Fsp3) is 0.333. The number of aryl methyl sites for hydroxylation is 1. The van der Waals surface area contributed by atoms with Gasteiger partial charge in [0.15, 0.2) is 0 Å². The number of halogens is 1. The molecule has 1 aromatic rings. The summed E-state index contributed by atoms with van der Waals surface area (Å²) >= 11 is 3.17. The predicted molar refractivity (Wildman–Crippen MR) is 73.6 cm³/mol. The second-order valence-electron chi connectivity index (χ2n) is 4.59. The fourth-order valence-corrected chi connectivity index (χ4v) is 2.86. The second-order valence-corrected chi connectivity index (χ2v) is 5.51. The van der Waals surface area contributed by atoms with Gasteiger partial charge in [0.25, 0.3) is 5.69 Å². The lowest BCUT2D eigenvalue weighted by Gasteiger charge is -2.18. The summed E-state index contributed by atoms with van der Waals surface area (Å²) in [5.41, 5.74) is 0.508. The minimum Gasteiger partial charge on any atom is -0.481 e. The molecule has 0 aromatic heterocycles. The van der Waals surface area contributed by atoms with E-state index in [1.807, 2.05) is 0 Å². The zero-order valence-electron chi connectivity index (χ0n) is 10.5. The molecule has 1 fully saturated rings. The molecule has 1 aliphatic rings. The van der Waals surface area contributed by atoms with Crippen molar-refractivity contribution in [2.75, 3.05) is 11.4 Å². The molecular formula is C12H11BrN2O5. The highest BCUT2D eigenvalue weighted by molar-refractivity contribution is 9.10. The fourth-order valence-electron chi connectivity index (χ4n) is 2.30. The maximum Gasteiger partial charge on any atom is 0.308 e. The van der Waals surface area contributed by atoms with E-state index in [2.05, 4.69) is 15.9 Å². The van der Waals surface area contributed by atoms with Crippen LogP contribution in [0.25, 0.3) is 0 Å². The van der Waals surface area contributed by atoms with Crippen LogP contribution >= 0.6 is 15.9 Å². The molecule has 1 N–H and O–H groups in total. The van der Waals surface area contributed by atoms with E-state index >= 15 is 0 Å². The molecule has 0 aliphatic carbocycles. The van der Waals surface area contributed by atoms with Crippen LogP contribution in [0.15, 0.2) is 16.6 Å². The molecule has 1 saturated heterocycles. The first-order valence-electron chi connectivity index (χ1n) is 5.79. The van der Waals surface area contributed by atoms with Crippen LogP contribution in [0.2, 0.25) is 0 Å². The van der Waals surface area contributed by atoms with Crippen molar-refractivity contribution >= 4 is 39.2 Å². The van der Waals surface area contributed by atoms with Gasteiger partial charge in [0.1, 0.15) is 5.69 Å². The monoisotopic (exact) mass is 342 g/mol. The topological polar surface area (TPSA) is 101 Å². The summed E-state index contributed by atoms with van der Waals surface area (Å²) in [4.78, 5) is 34.6. The summed E-state index contributed by atoms with van der Waals surface area (Å²) in [5.74, 6) is -2.31. The Morgan fingerprint density at radius 3 is 2.70 bits per heavy atom. The third kappa shape index (κ3) is 2.51. The molecule has 1 amide bonds. The third-order valence-corrected chi connectivity index (χ3v) is 3.64. The summed E-state index contributed by atoms with van der Waals surface area (Å²) in [5, 5.41) is 20.1. The third-order valence-electron chi connectivity index (χ3n) is 3.19. The summed E-state index contributed by atoms with van der Waals surface area (Å²) < 4.78 is 0.534. The highest BCUT2D eigenvalue weighted by Gasteiger charge is 2.38. The molecule has 0 saturated carbocycles. The molecule has 7 nitrogen and oxygen atoms in total. The van der Waals surface area contributed by atoms with Gasteiger partial charge in [0.05, 0.1) is 10.8 Å². The van der Waals surface area contributed by atoms with Crippen LogP contribution in [0.5, 0.6) is 0 Å². The Kier molecular flexibility index (Phi) is 3.76. The summed E-state index contributed by atoms with van der Waals surface area (Å²) in [6.45, 7) is 1.60. The first kappa shape index (κ1) is 14.4. The number of hydrogen-bond donors (Lipinski definition) is 1. The van der Waals surface area contributed by atoms with E-state index in [-0.39, 0.29) is 24.3 Å². The Labute approximate surface area is 122 Å². The minimum atomic E-state index is -1.07. The van der Waals surface area contributed by atoms with Crippen LogP contribution in [0.3, 0.4) is 0 Å². The zero-order chi connectivity index (χ0) is 15.0. The number of carbonyl (C=O) groups excluding carboxylic acids is 1.